The van der Waals surface area contributed by atoms with Crippen LogP contribution in [-0.4, -0.2) is 37.7 Å². The van der Waals surface area contributed by atoms with Crippen LogP contribution in [0.15, 0.2) is 67.0 Å². The Balaban J connectivity index is 1.51. The molecule has 1 aromatic heterocycles. The second kappa shape index (κ2) is 8.18. The van der Waals surface area contributed by atoms with Crippen LogP contribution in [0.25, 0.3) is 0 Å². The van der Waals surface area contributed by atoms with Crippen LogP contribution in [0.1, 0.15) is 22.5 Å². The van der Waals surface area contributed by atoms with Crippen molar-refractivity contribution in [3.8, 4) is 0 Å². The fourth-order valence-electron chi connectivity index (χ4n) is 3.51. The van der Waals surface area contributed by atoms with Gasteiger partial charge in [-0.05, 0) is 11.1 Å². The number of aromatic nitrogens is 2. The molecule has 29 heavy (non-hydrogen) atoms. The topological polar surface area (TPSA) is 84.7 Å². The highest BCUT2D eigenvalue weighted by molar-refractivity contribution is 5.81. The van der Waals surface area contributed by atoms with Crippen LogP contribution in [-0.2, 0) is 35.6 Å². The number of imidazole rings is 1. The van der Waals surface area contributed by atoms with Crippen molar-refractivity contribution in [1.82, 2.24) is 14.5 Å². The van der Waals surface area contributed by atoms with Gasteiger partial charge in [0.15, 0.2) is 0 Å². The van der Waals surface area contributed by atoms with Gasteiger partial charge in [0.05, 0.1) is 18.6 Å². The SMILES string of the molecule is O=C(O)[C@@H]1Cc2c(ncn2Cc2ccccc2)CN1C(=O)OCc1ccccc1. The van der Waals surface area contributed by atoms with Gasteiger partial charge in [-0.1, -0.05) is 60.7 Å². The fraction of sp³-hybridized carbons (Fsp3) is 0.227. The maximum absolute atomic E-state index is 12.6. The number of carbonyl (C=O) groups excluding carboxylic acids is 1. The van der Waals surface area contributed by atoms with Gasteiger partial charge < -0.3 is 14.4 Å². The molecule has 0 bridgehead atoms. The second-order valence-corrected chi connectivity index (χ2v) is 6.98. The van der Waals surface area contributed by atoms with Gasteiger partial charge >= 0.3 is 12.1 Å². The summed E-state index contributed by atoms with van der Waals surface area (Å²) < 4.78 is 7.31. The maximum Gasteiger partial charge on any atom is 0.411 e. The number of ether oxygens (including phenoxy) is 1. The Morgan fingerprint density at radius 1 is 1.03 bits per heavy atom. The molecule has 1 N–H and O–H groups in total. The molecule has 0 saturated heterocycles. The first-order valence-electron chi connectivity index (χ1n) is 9.39. The number of fused-ring (bicyclic) bond motifs is 1. The minimum absolute atomic E-state index is 0.0951. The molecule has 1 aliphatic rings. The number of nitrogens with zero attached hydrogens (tertiary/aromatic N) is 3. The van der Waals surface area contributed by atoms with Crippen molar-refractivity contribution in [1.29, 1.82) is 0 Å². The van der Waals surface area contributed by atoms with Gasteiger partial charge in [0, 0.05) is 18.7 Å². The van der Waals surface area contributed by atoms with Crippen LogP contribution in [0.5, 0.6) is 0 Å². The van der Waals surface area contributed by atoms with Crippen LogP contribution in [0.3, 0.4) is 0 Å². The molecule has 1 amide bonds. The Morgan fingerprint density at radius 2 is 1.69 bits per heavy atom. The Labute approximate surface area is 168 Å². The van der Waals surface area contributed by atoms with Crippen molar-refractivity contribution in [2.24, 2.45) is 0 Å². The van der Waals surface area contributed by atoms with Gasteiger partial charge in [-0.15, -0.1) is 0 Å². The molecule has 0 spiro atoms. The summed E-state index contributed by atoms with van der Waals surface area (Å²) >= 11 is 0. The minimum atomic E-state index is -1.06. The molecule has 0 aliphatic carbocycles. The largest absolute Gasteiger partial charge is 0.480 e. The summed E-state index contributed by atoms with van der Waals surface area (Å²) in [5, 5.41) is 9.71. The molecule has 0 unspecified atom stereocenters. The summed E-state index contributed by atoms with van der Waals surface area (Å²) in [5.74, 6) is -1.06. The lowest BCUT2D eigenvalue weighted by Crippen LogP contribution is -2.49. The van der Waals surface area contributed by atoms with Crippen molar-refractivity contribution < 1.29 is 19.4 Å². The molecule has 0 saturated carbocycles. The van der Waals surface area contributed by atoms with Crippen LogP contribution >= 0.6 is 0 Å². The van der Waals surface area contributed by atoms with Gasteiger partial charge in [0.1, 0.15) is 12.6 Å². The third-order valence-corrected chi connectivity index (χ3v) is 5.04. The summed E-state index contributed by atoms with van der Waals surface area (Å²) in [6, 6.07) is 18.2. The average molecular weight is 391 g/mol. The third-order valence-electron chi connectivity index (χ3n) is 5.04. The monoisotopic (exact) mass is 391 g/mol. The van der Waals surface area contributed by atoms with E-state index in [0.29, 0.717) is 12.2 Å². The molecule has 2 heterocycles. The van der Waals surface area contributed by atoms with Gasteiger partial charge in [0.25, 0.3) is 0 Å². The number of rotatable bonds is 5. The van der Waals surface area contributed by atoms with E-state index in [1.54, 1.807) is 6.33 Å². The molecule has 148 valence electrons. The normalized spacial score (nSPS) is 15.6. The van der Waals surface area contributed by atoms with Gasteiger partial charge in [0.2, 0.25) is 0 Å². The number of amides is 1. The van der Waals surface area contributed by atoms with Crippen molar-refractivity contribution >= 4 is 12.1 Å². The van der Waals surface area contributed by atoms with E-state index in [1.807, 2.05) is 65.2 Å². The first kappa shape index (κ1) is 18.7. The number of benzene rings is 2. The summed E-state index contributed by atoms with van der Waals surface area (Å²) in [5.41, 5.74) is 3.49. The van der Waals surface area contributed by atoms with Crippen molar-refractivity contribution in [3.63, 3.8) is 0 Å². The molecule has 0 radical (unpaired) electrons. The Kier molecular flexibility index (Phi) is 5.29. The maximum atomic E-state index is 12.6. The Bertz CT molecular complexity index is 1000. The zero-order chi connectivity index (χ0) is 20.2. The number of carboxylic acid groups (broad SMARTS) is 1. The smallest absolute Gasteiger partial charge is 0.411 e. The highest BCUT2D eigenvalue weighted by atomic mass is 16.6. The van der Waals surface area contributed by atoms with E-state index in [0.717, 1.165) is 16.8 Å². The van der Waals surface area contributed by atoms with Crippen molar-refractivity contribution in [2.75, 3.05) is 0 Å². The molecule has 2 aromatic carbocycles. The Hall–Kier alpha value is -3.61. The second-order valence-electron chi connectivity index (χ2n) is 6.98. The molecule has 7 heteroatoms. The number of carboxylic acids is 1. The van der Waals surface area contributed by atoms with Crippen molar-refractivity contribution in [3.05, 3.63) is 89.5 Å². The molecular weight excluding hydrogens is 370 g/mol. The molecule has 4 rings (SSSR count). The van der Waals surface area contributed by atoms with E-state index in [1.165, 1.54) is 4.90 Å². The van der Waals surface area contributed by atoms with Gasteiger partial charge in [-0.25, -0.2) is 14.6 Å². The lowest BCUT2D eigenvalue weighted by Gasteiger charge is -2.32. The zero-order valence-corrected chi connectivity index (χ0v) is 15.8. The summed E-state index contributed by atoms with van der Waals surface area (Å²) in [4.78, 5) is 30.1. The number of hydrogen-bond donors (Lipinski definition) is 1. The van der Waals surface area contributed by atoms with Crippen LogP contribution in [0, 0.1) is 0 Å². The highest BCUT2D eigenvalue weighted by Crippen LogP contribution is 2.24. The quantitative estimate of drug-likeness (QED) is 0.723. The van der Waals surface area contributed by atoms with Crippen LogP contribution < -0.4 is 0 Å². The first-order chi connectivity index (χ1) is 14.1. The van der Waals surface area contributed by atoms with Crippen LogP contribution in [0.2, 0.25) is 0 Å². The number of aliphatic carboxylic acids is 1. The number of hydrogen-bond acceptors (Lipinski definition) is 4. The summed E-state index contributed by atoms with van der Waals surface area (Å²) in [6.07, 6.45) is 1.25. The highest BCUT2D eigenvalue weighted by Gasteiger charge is 2.37. The minimum Gasteiger partial charge on any atom is -0.480 e. The molecule has 1 atom stereocenters. The molecule has 1 aliphatic heterocycles. The first-order valence-corrected chi connectivity index (χ1v) is 9.39. The zero-order valence-electron chi connectivity index (χ0n) is 15.8. The van der Waals surface area contributed by atoms with Crippen LogP contribution in [0.4, 0.5) is 4.79 Å². The third kappa shape index (κ3) is 4.13. The summed E-state index contributed by atoms with van der Waals surface area (Å²) in [7, 11) is 0. The average Bonchev–Trinajstić information content (AvgIpc) is 3.14. The van der Waals surface area contributed by atoms with E-state index in [-0.39, 0.29) is 19.6 Å². The summed E-state index contributed by atoms with van der Waals surface area (Å²) in [6.45, 7) is 0.813. The van der Waals surface area contributed by atoms with E-state index < -0.39 is 18.1 Å². The van der Waals surface area contributed by atoms with E-state index >= 15 is 0 Å². The fourth-order valence-corrected chi connectivity index (χ4v) is 3.51. The lowest BCUT2D eigenvalue weighted by molar-refractivity contribution is -0.143. The Morgan fingerprint density at radius 3 is 2.34 bits per heavy atom. The number of carbonyl (C=O) groups is 2. The molecule has 0 fully saturated rings. The van der Waals surface area contributed by atoms with Gasteiger partial charge in [-0.2, -0.15) is 0 Å². The standard InChI is InChI=1S/C22H21N3O4/c26-21(27)20-11-19-18(23-15-24(19)12-16-7-3-1-4-8-16)13-25(20)22(28)29-14-17-9-5-2-6-10-17/h1-10,15,20H,11-14H2,(H,26,27)/t20-/m0/s1. The molecular formula is C22H21N3O4. The van der Waals surface area contributed by atoms with E-state index in [2.05, 4.69) is 4.98 Å². The van der Waals surface area contributed by atoms with Gasteiger partial charge in [-0.3, -0.25) is 4.90 Å². The lowest BCUT2D eigenvalue weighted by atomic mass is 10.0. The van der Waals surface area contributed by atoms with Crippen molar-refractivity contribution in [2.45, 2.75) is 32.2 Å². The molecule has 7 nitrogen and oxygen atoms in total. The van der Waals surface area contributed by atoms with E-state index in [9.17, 15) is 14.7 Å². The predicted molar refractivity (Wildman–Crippen MR) is 105 cm³/mol. The predicted octanol–water partition coefficient (Wildman–Crippen LogP) is 3.08. The molecule has 3 aromatic rings. The van der Waals surface area contributed by atoms with E-state index in [4.69, 9.17) is 4.74 Å².